The molecule has 1 aliphatic heterocycles. The second-order valence-corrected chi connectivity index (χ2v) is 6.96. The maximum absolute atomic E-state index is 10.3. The van der Waals surface area contributed by atoms with Crippen molar-refractivity contribution in [1.29, 1.82) is 0 Å². The standard InChI is InChI=1S/C18H22N6O.H2/c1-18(2,25)14-11-24(10-9-19-14)15-7-3-6-13(21-15)16-12-5-4-8-20-17(12)23-22-16;/h3-8,14,19,25H,9-11H2,1-2H3,(H,20,22,23);1H/t14-;/m1./s1. The molecule has 0 radical (unpaired) electrons. The SMILES string of the molecule is CC(C)(O)[C@H]1CN(c2cccc(-c3[nH]nc4ncccc34)n2)CCN1.[HH]. The fourth-order valence-electron chi connectivity index (χ4n) is 3.22. The first-order valence-corrected chi connectivity index (χ1v) is 8.49. The molecule has 25 heavy (non-hydrogen) atoms. The fraction of sp³-hybridized carbons (Fsp3) is 0.389. The summed E-state index contributed by atoms with van der Waals surface area (Å²) in [4.78, 5) is 11.3. The minimum atomic E-state index is -0.776. The summed E-state index contributed by atoms with van der Waals surface area (Å²) in [6.45, 7) is 6.06. The van der Waals surface area contributed by atoms with Gasteiger partial charge in [0, 0.05) is 32.6 Å². The van der Waals surface area contributed by atoms with Crippen LogP contribution in [-0.2, 0) is 0 Å². The van der Waals surface area contributed by atoms with Gasteiger partial charge < -0.3 is 15.3 Å². The van der Waals surface area contributed by atoms with Crippen LogP contribution in [0.2, 0.25) is 0 Å². The lowest BCUT2D eigenvalue weighted by Gasteiger charge is -2.40. The third-order valence-electron chi connectivity index (χ3n) is 4.67. The van der Waals surface area contributed by atoms with Crippen molar-refractivity contribution in [1.82, 2.24) is 25.5 Å². The van der Waals surface area contributed by atoms with Crippen LogP contribution in [0, 0.1) is 0 Å². The number of fused-ring (bicyclic) bond motifs is 1. The van der Waals surface area contributed by atoms with Crippen molar-refractivity contribution in [2.45, 2.75) is 25.5 Å². The fourth-order valence-corrected chi connectivity index (χ4v) is 3.22. The highest BCUT2D eigenvalue weighted by Crippen LogP contribution is 2.26. The molecule has 7 nitrogen and oxygen atoms in total. The van der Waals surface area contributed by atoms with E-state index in [2.05, 4.69) is 25.4 Å². The number of hydrogen-bond donors (Lipinski definition) is 3. The molecule has 0 saturated carbocycles. The van der Waals surface area contributed by atoms with Gasteiger partial charge in [0.1, 0.15) is 5.82 Å². The first kappa shape index (κ1) is 16.0. The summed E-state index contributed by atoms with van der Waals surface area (Å²) in [6.07, 6.45) is 1.73. The second kappa shape index (κ2) is 6.09. The van der Waals surface area contributed by atoms with Crippen LogP contribution in [0.1, 0.15) is 15.3 Å². The number of hydrogen-bond acceptors (Lipinski definition) is 6. The third kappa shape index (κ3) is 3.08. The molecule has 0 unspecified atom stereocenters. The topological polar surface area (TPSA) is 90.0 Å². The van der Waals surface area contributed by atoms with Crippen molar-refractivity contribution in [3.63, 3.8) is 0 Å². The average molecular weight is 340 g/mol. The molecule has 1 fully saturated rings. The van der Waals surface area contributed by atoms with Gasteiger partial charge in [0.05, 0.1) is 23.0 Å². The summed E-state index contributed by atoms with van der Waals surface area (Å²) in [7, 11) is 0. The Hall–Kier alpha value is -2.51. The number of pyridine rings is 2. The van der Waals surface area contributed by atoms with Crippen molar-refractivity contribution < 1.29 is 6.53 Å². The van der Waals surface area contributed by atoms with Gasteiger partial charge in [0.2, 0.25) is 0 Å². The highest BCUT2D eigenvalue weighted by atomic mass is 16.3. The van der Waals surface area contributed by atoms with E-state index in [0.29, 0.717) is 12.2 Å². The molecule has 0 aliphatic carbocycles. The smallest absolute Gasteiger partial charge is 0.181 e. The number of nitrogens with zero attached hydrogens (tertiary/aromatic N) is 4. The molecule has 0 aromatic carbocycles. The Balaban J connectivity index is 0.00000196. The molecule has 3 aromatic heterocycles. The Morgan fingerprint density at radius 2 is 2.16 bits per heavy atom. The number of aromatic amines is 1. The zero-order valence-corrected chi connectivity index (χ0v) is 14.4. The first-order valence-electron chi connectivity index (χ1n) is 8.49. The molecular weight excluding hydrogens is 316 g/mol. The van der Waals surface area contributed by atoms with Gasteiger partial charge >= 0.3 is 0 Å². The van der Waals surface area contributed by atoms with Crippen molar-refractivity contribution in [3.05, 3.63) is 36.5 Å². The van der Waals surface area contributed by atoms with E-state index in [1.54, 1.807) is 6.20 Å². The lowest BCUT2D eigenvalue weighted by Crippen LogP contribution is -2.59. The summed E-state index contributed by atoms with van der Waals surface area (Å²) in [6, 6.07) is 9.87. The van der Waals surface area contributed by atoms with Crippen LogP contribution >= 0.6 is 0 Å². The van der Waals surface area contributed by atoms with Crippen molar-refractivity contribution >= 4 is 16.9 Å². The van der Waals surface area contributed by atoms with Crippen LogP contribution in [0.5, 0.6) is 0 Å². The molecule has 1 atom stereocenters. The average Bonchev–Trinajstić information content (AvgIpc) is 3.05. The summed E-state index contributed by atoms with van der Waals surface area (Å²) < 4.78 is 0. The third-order valence-corrected chi connectivity index (χ3v) is 4.67. The number of nitrogens with one attached hydrogen (secondary N) is 2. The largest absolute Gasteiger partial charge is 0.389 e. The minimum Gasteiger partial charge on any atom is -0.389 e. The van der Waals surface area contributed by atoms with Gasteiger partial charge in [0.15, 0.2) is 5.65 Å². The highest BCUT2D eigenvalue weighted by Gasteiger charge is 2.31. The molecule has 3 N–H and O–H groups in total. The summed E-state index contributed by atoms with van der Waals surface area (Å²) >= 11 is 0. The van der Waals surface area contributed by atoms with E-state index in [1.807, 2.05) is 44.2 Å². The molecule has 1 aliphatic rings. The molecule has 3 aromatic rings. The van der Waals surface area contributed by atoms with Crippen molar-refractivity contribution in [2.75, 3.05) is 24.5 Å². The maximum Gasteiger partial charge on any atom is 0.181 e. The summed E-state index contributed by atoms with van der Waals surface area (Å²) in [5.41, 5.74) is 1.63. The van der Waals surface area contributed by atoms with Crippen LogP contribution in [-0.4, -0.2) is 56.5 Å². The van der Waals surface area contributed by atoms with E-state index in [0.717, 1.165) is 35.7 Å². The molecule has 1 saturated heterocycles. The lowest BCUT2D eigenvalue weighted by atomic mass is 9.97. The molecular formula is C18H24N6O. The normalized spacial score (nSPS) is 18.7. The molecule has 0 bridgehead atoms. The predicted octanol–water partition coefficient (Wildman–Crippen LogP) is 1.81. The van der Waals surface area contributed by atoms with E-state index in [4.69, 9.17) is 4.98 Å². The molecule has 4 heterocycles. The van der Waals surface area contributed by atoms with Crippen LogP contribution in [0.3, 0.4) is 0 Å². The number of piperazine rings is 1. The van der Waals surface area contributed by atoms with Gasteiger partial charge in [-0.05, 0) is 38.1 Å². The van der Waals surface area contributed by atoms with Gasteiger partial charge in [-0.25, -0.2) is 9.97 Å². The number of aliphatic hydroxyl groups is 1. The lowest BCUT2D eigenvalue weighted by molar-refractivity contribution is 0.0363. The maximum atomic E-state index is 10.3. The van der Waals surface area contributed by atoms with E-state index in [1.165, 1.54) is 0 Å². The van der Waals surface area contributed by atoms with Crippen LogP contribution in [0.25, 0.3) is 22.4 Å². The number of rotatable bonds is 3. The van der Waals surface area contributed by atoms with E-state index >= 15 is 0 Å². The number of H-pyrrole nitrogens is 1. The van der Waals surface area contributed by atoms with Crippen LogP contribution < -0.4 is 10.2 Å². The molecule has 4 rings (SSSR count). The number of anilines is 1. The Morgan fingerprint density at radius 1 is 1.28 bits per heavy atom. The van der Waals surface area contributed by atoms with Crippen molar-refractivity contribution in [2.24, 2.45) is 0 Å². The molecule has 7 heteroatoms. The summed E-state index contributed by atoms with van der Waals surface area (Å²) in [5, 5.41) is 21.9. The van der Waals surface area contributed by atoms with Gasteiger partial charge in [-0.1, -0.05) is 6.07 Å². The Kier molecular flexibility index (Phi) is 3.89. The van der Waals surface area contributed by atoms with Gasteiger partial charge in [-0.15, -0.1) is 0 Å². The molecule has 0 amide bonds. The molecule has 0 spiro atoms. The van der Waals surface area contributed by atoms with E-state index in [9.17, 15) is 5.11 Å². The van der Waals surface area contributed by atoms with Crippen LogP contribution in [0.15, 0.2) is 36.5 Å². The zero-order chi connectivity index (χ0) is 17.4. The zero-order valence-electron chi connectivity index (χ0n) is 14.4. The van der Waals surface area contributed by atoms with Gasteiger partial charge in [0.25, 0.3) is 0 Å². The monoisotopic (exact) mass is 340 g/mol. The number of aromatic nitrogens is 4. The predicted molar refractivity (Wildman–Crippen MR) is 99.5 cm³/mol. The highest BCUT2D eigenvalue weighted by molar-refractivity contribution is 5.89. The first-order chi connectivity index (χ1) is 12.0. The Bertz CT molecular complexity index is 891. The summed E-state index contributed by atoms with van der Waals surface area (Å²) in [5.74, 6) is 0.903. The van der Waals surface area contributed by atoms with Crippen molar-refractivity contribution in [3.8, 4) is 11.4 Å². The van der Waals surface area contributed by atoms with E-state index in [-0.39, 0.29) is 7.47 Å². The van der Waals surface area contributed by atoms with Gasteiger partial charge in [-0.3, -0.25) is 5.10 Å². The van der Waals surface area contributed by atoms with E-state index < -0.39 is 5.60 Å². The Morgan fingerprint density at radius 3 is 3.00 bits per heavy atom. The molecule has 132 valence electrons. The Labute approximate surface area is 147 Å². The van der Waals surface area contributed by atoms with Gasteiger partial charge in [-0.2, -0.15) is 5.10 Å². The minimum absolute atomic E-state index is 0. The quantitative estimate of drug-likeness (QED) is 0.674. The van der Waals surface area contributed by atoms with Crippen LogP contribution in [0.4, 0.5) is 5.82 Å². The second-order valence-electron chi connectivity index (χ2n) is 6.96.